The summed E-state index contributed by atoms with van der Waals surface area (Å²) in [6.45, 7) is 13.7. The first-order chi connectivity index (χ1) is 24.2. The van der Waals surface area contributed by atoms with Crippen molar-refractivity contribution in [1.82, 2.24) is 20.2 Å². The molecular formula is C42H50N4O4S. The van der Waals surface area contributed by atoms with Crippen molar-refractivity contribution in [1.29, 1.82) is 0 Å². The van der Waals surface area contributed by atoms with E-state index in [1.807, 2.05) is 42.7 Å². The molecule has 1 atom stereocenters. The van der Waals surface area contributed by atoms with Gasteiger partial charge >= 0.3 is 5.97 Å². The van der Waals surface area contributed by atoms with Gasteiger partial charge in [-0.15, -0.1) is 11.3 Å². The number of hydrogen-bond donors (Lipinski definition) is 2. The minimum atomic E-state index is -0.916. The predicted molar refractivity (Wildman–Crippen MR) is 203 cm³/mol. The molecule has 9 heteroatoms. The number of aromatic nitrogens is 2. The summed E-state index contributed by atoms with van der Waals surface area (Å²) in [5.41, 5.74) is 5.48. The molecule has 2 aliphatic rings. The molecule has 4 aromatic rings. The fraction of sp³-hybridized carbons (Fsp3) is 0.452. The molecule has 3 heterocycles. The fourth-order valence-corrected chi connectivity index (χ4v) is 8.19. The van der Waals surface area contributed by atoms with Gasteiger partial charge in [0.05, 0.1) is 10.8 Å². The van der Waals surface area contributed by atoms with Gasteiger partial charge in [-0.3, -0.25) is 14.4 Å². The zero-order valence-electron chi connectivity index (χ0n) is 30.6. The molecule has 8 nitrogen and oxygen atoms in total. The molecule has 1 aliphatic carbocycles. The number of thiophene rings is 1. The number of nitrogens with one attached hydrogen (secondary N) is 1. The van der Waals surface area contributed by atoms with Gasteiger partial charge in [0, 0.05) is 47.9 Å². The number of hydrogen-bond acceptors (Lipinski definition) is 6. The maximum Gasteiger partial charge on any atom is 0.310 e. The summed E-state index contributed by atoms with van der Waals surface area (Å²) >= 11 is 1.42. The van der Waals surface area contributed by atoms with Crippen molar-refractivity contribution >= 4 is 29.1 Å². The first-order valence-corrected chi connectivity index (χ1v) is 18.9. The van der Waals surface area contributed by atoms with E-state index in [1.165, 1.54) is 47.5 Å². The zero-order chi connectivity index (χ0) is 36.5. The Kier molecular flexibility index (Phi) is 10.5. The first kappa shape index (κ1) is 36.4. The number of amides is 2. The van der Waals surface area contributed by atoms with Crippen LogP contribution < -0.4 is 5.32 Å². The second-order valence-corrected chi connectivity index (χ2v) is 17.5. The van der Waals surface area contributed by atoms with Crippen molar-refractivity contribution in [2.24, 2.45) is 17.3 Å². The van der Waals surface area contributed by atoms with Gasteiger partial charge in [-0.2, -0.15) is 0 Å². The van der Waals surface area contributed by atoms with Crippen LogP contribution >= 0.6 is 11.3 Å². The largest absolute Gasteiger partial charge is 0.481 e. The summed E-state index contributed by atoms with van der Waals surface area (Å²) in [6, 6.07) is 19.5. The van der Waals surface area contributed by atoms with E-state index in [0.29, 0.717) is 22.0 Å². The topological polar surface area (TPSA) is 112 Å². The van der Waals surface area contributed by atoms with Crippen LogP contribution in [0.2, 0.25) is 0 Å². The lowest BCUT2D eigenvalue weighted by atomic mass is 9.68. The van der Waals surface area contributed by atoms with Crippen molar-refractivity contribution < 1.29 is 19.5 Å². The Labute approximate surface area is 305 Å². The number of carboxylic acid groups (broad SMARTS) is 1. The number of aliphatic carboxylic acids is 1. The van der Waals surface area contributed by atoms with E-state index >= 15 is 0 Å². The highest BCUT2D eigenvalue weighted by Crippen LogP contribution is 2.43. The van der Waals surface area contributed by atoms with Gasteiger partial charge in [-0.05, 0) is 77.2 Å². The molecule has 1 saturated heterocycles. The molecule has 0 spiro atoms. The van der Waals surface area contributed by atoms with Crippen LogP contribution in [0.15, 0.2) is 73.1 Å². The molecule has 51 heavy (non-hydrogen) atoms. The number of rotatable bonds is 9. The Hall–Kier alpha value is -4.37. The van der Waals surface area contributed by atoms with Gasteiger partial charge in [0.1, 0.15) is 6.04 Å². The zero-order valence-corrected chi connectivity index (χ0v) is 31.4. The fourth-order valence-electron chi connectivity index (χ4n) is 7.22. The van der Waals surface area contributed by atoms with Crippen LogP contribution in [0.4, 0.5) is 0 Å². The van der Waals surface area contributed by atoms with Crippen LogP contribution in [0.5, 0.6) is 0 Å². The molecule has 1 aliphatic heterocycles. The van der Waals surface area contributed by atoms with Crippen LogP contribution in [0.1, 0.15) is 98.8 Å². The average molecular weight is 707 g/mol. The van der Waals surface area contributed by atoms with E-state index in [-0.39, 0.29) is 36.7 Å². The Morgan fingerprint density at radius 1 is 0.824 bits per heavy atom. The quantitative estimate of drug-likeness (QED) is 0.181. The molecular weight excluding hydrogens is 657 g/mol. The Morgan fingerprint density at radius 3 is 1.98 bits per heavy atom. The summed E-state index contributed by atoms with van der Waals surface area (Å²) in [5, 5.41) is 12.3. The molecule has 1 saturated carbocycles. The van der Waals surface area contributed by atoms with Crippen LogP contribution in [0.25, 0.3) is 22.5 Å². The van der Waals surface area contributed by atoms with Crippen LogP contribution in [-0.2, 0) is 21.4 Å². The lowest BCUT2D eigenvalue weighted by Crippen LogP contribution is -2.59. The molecule has 0 unspecified atom stereocenters. The van der Waals surface area contributed by atoms with Gasteiger partial charge < -0.3 is 15.3 Å². The lowest BCUT2D eigenvalue weighted by Gasteiger charge is -2.38. The lowest BCUT2D eigenvalue weighted by molar-refractivity contribution is -0.153. The van der Waals surface area contributed by atoms with E-state index < -0.39 is 17.9 Å². The summed E-state index contributed by atoms with van der Waals surface area (Å²) < 4.78 is 0. The molecule has 2 N–H and O–H groups in total. The molecule has 0 radical (unpaired) electrons. The second kappa shape index (κ2) is 14.7. The third-order valence-electron chi connectivity index (χ3n) is 10.7. The van der Waals surface area contributed by atoms with Crippen molar-refractivity contribution in [3.05, 3.63) is 93.9 Å². The Morgan fingerprint density at radius 2 is 1.43 bits per heavy atom. The van der Waals surface area contributed by atoms with Crippen molar-refractivity contribution in [3.8, 4) is 22.5 Å². The van der Waals surface area contributed by atoms with Gasteiger partial charge in [-0.1, -0.05) is 90.1 Å². The summed E-state index contributed by atoms with van der Waals surface area (Å²) in [4.78, 5) is 50.7. The van der Waals surface area contributed by atoms with E-state index in [4.69, 9.17) is 0 Å². The summed E-state index contributed by atoms with van der Waals surface area (Å²) in [6.07, 6.45) is 9.08. The van der Waals surface area contributed by atoms with E-state index in [1.54, 1.807) is 6.07 Å². The van der Waals surface area contributed by atoms with E-state index in [0.717, 1.165) is 33.0 Å². The van der Waals surface area contributed by atoms with Gasteiger partial charge in [0.25, 0.3) is 5.91 Å². The molecule has 2 aromatic carbocycles. The van der Waals surface area contributed by atoms with Crippen molar-refractivity contribution in [2.75, 3.05) is 13.1 Å². The summed E-state index contributed by atoms with van der Waals surface area (Å²) in [7, 11) is 0. The number of likely N-dealkylation sites (tertiary alicyclic amines) is 1. The monoisotopic (exact) mass is 706 g/mol. The van der Waals surface area contributed by atoms with Crippen LogP contribution in [-0.4, -0.2) is 56.9 Å². The highest BCUT2D eigenvalue weighted by molar-refractivity contribution is 7.14. The molecule has 6 rings (SSSR count). The minimum absolute atomic E-state index is 0.0929. The Bertz CT molecular complexity index is 1840. The average Bonchev–Trinajstić information content (AvgIpc) is 3.59. The number of nitrogens with zero attached hydrogens (tertiary/aromatic N) is 3. The standard InChI is InChI=1S/C42H50N4O4S/c1-41(2,3)33-17-15-28(16-18-33)27-11-13-29(14-12-27)31-22-43-37(44-23-31)30-9-7-26(8-10-30)21-34(39(48)46-24-32(25-46)40(49)50)45-38(47)35-19-20-36(51-35)42(4,5)6/h7-14,19-20,22-23,28,32-34H,15-18,21,24-25H2,1-6H3,(H,45,47)(H,49,50)/t28-,33+,34-/m0/s1. The van der Waals surface area contributed by atoms with E-state index in [2.05, 4.69) is 81.1 Å². The predicted octanol–water partition coefficient (Wildman–Crippen LogP) is 8.37. The number of benzene rings is 2. The first-order valence-electron chi connectivity index (χ1n) is 18.1. The van der Waals surface area contributed by atoms with Gasteiger partial charge in [0.2, 0.25) is 5.91 Å². The highest BCUT2D eigenvalue weighted by Gasteiger charge is 2.39. The van der Waals surface area contributed by atoms with Gasteiger partial charge in [-0.25, -0.2) is 9.97 Å². The molecule has 2 fully saturated rings. The molecule has 0 bridgehead atoms. The highest BCUT2D eigenvalue weighted by atomic mass is 32.1. The smallest absolute Gasteiger partial charge is 0.310 e. The number of carbonyl (C=O) groups is 3. The van der Waals surface area contributed by atoms with Crippen molar-refractivity contribution in [2.45, 2.75) is 91.0 Å². The Balaban J connectivity index is 1.10. The summed E-state index contributed by atoms with van der Waals surface area (Å²) in [5.74, 6) is -0.0497. The SMILES string of the molecule is CC(C)(C)c1ccc(C(=O)N[C@@H](Cc2ccc(-c3ncc(-c4ccc([C@H]5CC[C@@H](C(C)(C)C)CC5)cc4)cn3)cc2)C(=O)N2CC(C(=O)O)C2)s1. The molecule has 2 amide bonds. The third kappa shape index (κ3) is 8.58. The van der Waals surface area contributed by atoms with E-state index in [9.17, 15) is 19.5 Å². The maximum absolute atomic E-state index is 13.5. The molecule has 268 valence electrons. The second-order valence-electron chi connectivity index (χ2n) is 16.5. The third-order valence-corrected chi connectivity index (χ3v) is 12.2. The minimum Gasteiger partial charge on any atom is -0.481 e. The normalized spacial score (nSPS) is 18.9. The van der Waals surface area contributed by atoms with Crippen LogP contribution in [0, 0.1) is 17.3 Å². The molecule has 2 aromatic heterocycles. The maximum atomic E-state index is 13.5. The number of carbonyl (C=O) groups excluding carboxylic acids is 2. The number of carboxylic acids is 1. The van der Waals surface area contributed by atoms with Crippen LogP contribution in [0.3, 0.4) is 0 Å². The van der Waals surface area contributed by atoms with Crippen molar-refractivity contribution in [3.63, 3.8) is 0 Å². The van der Waals surface area contributed by atoms with Gasteiger partial charge in [0.15, 0.2) is 5.82 Å².